The van der Waals surface area contributed by atoms with Gasteiger partial charge in [-0.1, -0.05) is 133 Å². The molecule has 8 aromatic carbocycles. The number of rotatable bonds is 7. The summed E-state index contributed by atoms with van der Waals surface area (Å²) in [6.07, 6.45) is 0. The molecule has 0 N–H and O–H groups in total. The van der Waals surface area contributed by atoms with Crippen molar-refractivity contribution in [1.82, 2.24) is 0 Å². The third-order valence-corrected chi connectivity index (χ3v) is 11.7. The summed E-state index contributed by atoms with van der Waals surface area (Å²) in [4.78, 5) is 9.97. The van der Waals surface area contributed by atoms with Crippen LogP contribution in [0.3, 0.4) is 0 Å². The molecular weight excluding hydrogens is 645 g/mol. The minimum absolute atomic E-state index is 1.10. The molecule has 1 heterocycles. The van der Waals surface area contributed by atoms with E-state index < -0.39 is 0 Å². The van der Waals surface area contributed by atoms with Crippen LogP contribution >= 0.6 is 23.5 Å². The molecule has 238 valence electrons. The maximum Gasteiger partial charge on any atom is 0.0540 e. The van der Waals surface area contributed by atoms with E-state index in [0.29, 0.717) is 0 Å². The fourth-order valence-corrected chi connectivity index (χ4v) is 9.15. The van der Waals surface area contributed by atoms with Crippen molar-refractivity contribution < 1.29 is 0 Å². The van der Waals surface area contributed by atoms with Crippen LogP contribution in [0.5, 0.6) is 0 Å². The van der Waals surface area contributed by atoms with Crippen LogP contribution in [0.25, 0.3) is 21.9 Å². The van der Waals surface area contributed by atoms with Gasteiger partial charge >= 0.3 is 0 Å². The number of benzene rings is 8. The lowest BCUT2D eigenvalue weighted by Crippen LogP contribution is -2.12. The Bertz CT molecular complexity index is 2420. The molecule has 0 unspecified atom stereocenters. The molecule has 0 atom stereocenters. The molecule has 0 aliphatic carbocycles. The molecule has 1 aliphatic heterocycles. The molecule has 50 heavy (non-hydrogen) atoms. The second-order valence-electron chi connectivity index (χ2n) is 12.2. The van der Waals surface area contributed by atoms with Gasteiger partial charge in [0.2, 0.25) is 0 Å². The molecule has 1 aliphatic rings. The van der Waals surface area contributed by atoms with E-state index >= 15 is 0 Å². The molecule has 0 aromatic heterocycles. The SMILES string of the molecule is c1ccc(N(c2ccc(-c3cccc4c3Sc3ccccc3S4)cc2)c2ccc(N(c3ccccc3)c3cccc4ccccc34)cc2)cc1. The van der Waals surface area contributed by atoms with E-state index in [1.807, 2.05) is 23.5 Å². The number of fused-ring (bicyclic) bond motifs is 3. The third-order valence-electron chi connectivity index (χ3n) is 9.10. The highest BCUT2D eigenvalue weighted by molar-refractivity contribution is 8.05. The summed E-state index contributed by atoms with van der Waals surface area (Å²) in [5.41, 5.74) is 9.18. The predicted octanol–water partition coefficient (Wildman–Crippen LogP) is 14.1. The molecule has 0 fully saturated rings. The fraction of sp³-hybridized carbons (Fsp3) is 0. The van der Waals surface area contributed by atoms with Gasteiger partial charge in [0.25, 0.3) is 0 Å². The second-order valence-corrected chi connectivity index (χ2v) is 14.3. The summed E-state index contributed by atoms with van der Waals surface area (Å²) < 4.78 is 0. The van der Waals surface area contributed by atoms with Gasteiger partial charge in [0.1, 0.15) is 0 Å². The van der Waals surface area contributed by atoms with E-state index in [0.717, 1.165) is 34.1 Å². The minimum atomic E-state index is 1.10. The first kappa shape index (κ1) is 30.4. The Hall–Kier alpha value is -5.68. The molecule has 9 rings (SSSR count). The van der Waals surface area contributed by atoms with Gasteiger partial charge in [-0.05, 0) is 101 Å². The lowest BCUT2D eigenvalue weighted by Gasteiger charge is -2.29. The lowest BCUT2D eigenvalue weighted by atomic mass is 10.0. The van der Waals surface area contributed by atoms with Gasteiger partial charge in [-0.2, -0.15) is 0 Å². The van der Waals surface area contributed by atoms with E-state index in [4.69, 9.17) is 0 Å². The molecule has 0 saturated heterocycles. The normalized spacial score (nSPS) is 11.8. The highest BCUT2D eigenvalue weighted by Crippen LogP contribution is 2.52. The average Bonchev–Trinajstić information content (AvgIpc) is 3.19. The Morgan fingerprint density at radius 3 is 1.50 bits per heavy atom. The molecule has 2 nitrogen and oxygen atoms in total. The van der Waals surface area contributed by atoms with E-state index in [1.54, 1.807) is 0 Å². The van der Waals surface area contributed by atoms with Crippen LogP contribution < -0.4 is 9.80 Å². The summed E-state index contributed by atoms with van der Waals surface area (Å²) in [5, 5.41) is 2.44. The van der Waals surface area contributed by atoms with Crippen molar-refractivity contribution >= 4 is 68.4 Å². The van der Waals surface area contributed by atoms with Crippen LogP contribution in [-0.2, 0) is 0 Å². The topological polar surface area (TPSA) is 6.48 Å². The lowest BCUT2D eigenvalue weighted by molar-refractivity contribution is 1.16. The Morgan fingerprint density at radius 2 is 0.800 bits per heavy atom. The monoisotopic (exact) mass is 676 g/mol. The first-order chi connectivity index (χ1) is 24.8. The van der Waals surface area contributed by atoms with Crippen LogP contribution in [0.15, 0.2) is 214 Å². The molecule has 0 radical (unpaired) electrons. The van der Waals surface area contributed by atoms with Crippen LogP contribution in [0.1, 0.15) is 0 Å². The largest absolute Gasteiger partial charge is 0.311 e. The summed E-state index contributed by atoms with van der Waals surface area (Å²) in [6, 6.07) is 69.7. The van der Waals surface area contributed by atoms with Gasteiger partial charge in [-0.3, -0.25) is 0 Å². The average molecular weight is 677 g/mol. The standard InChI is InChI=1S/C46H32N2S2/c1-3-15-35(16-4-1)47(37-27-25-34(26-28-37)41-20-12-24-45-46(41)50-44-23-10-9-22-43(44)49-45)38-29-31-39(32-30-38)48(36-17-5-2-6-18-36)42-21-11-14-33-13-7-8-19-40(33)42/h1-32H. The Balaban J connectivity index is 1.09. The van der Waals surface area contributed by atoms with Gasteiger partial charge < -0.3 is 9.80 Å². The number of nitrogens with zero attached hydrogens (tertiary/aromatic N) is 2. The minimum Gasteiger partial charge on any atom is -0.311 e. The zero-order valence-electron chi connectivity index (χ0n) is 27.2. The second kappa shape index (κ2) is 13.3. The van der Waals surface area contributed by atoms with Crippen molar-refractivity contribution in [2.45, 2.75) is 19.6 Å². The van der Waals surface area contributed by atoms with Gasteiger partial charge in [-0.25, -0.2) is 0 Å². The molecule has 0 spiro atoms. The van der Waals surface area contributed by atoms with E-state index in [-0.39, 0.29) is 0 Å². The van der Waals surface area contributed by atoms with Crippen molar-refractivity contribution in [2.24, 2.45) is 0 Å². The summed E-state index contributed by atoms with van der Waals surface area (Å²) in [6.45, 7) is 0. The summed E-state index contributed by atoms with van der Waals surface area (Å²) >= 11 is 3.74. The Kier molecular flexibility index (Phi) is 8.09. The highest BCUT2D eigenvalue weighted by Gasteiger charge is 2.21. The number of para-hydroxylation sites is 2. The smallest absolute Gasteiger partial charge is 0.0540 e. The maximum atomic E-state index is 2.35. The molecule has 0 saturated carbocycles. The molecular formula is C46H32N2S2. The Labute approximate surface area is 301 Å². The third kappa shape index (κ3) is 5.73. The summed E-state index contributed by atoms with van der Waals surface area (Å²) in [5.74, 6) is 0. The van der Waals surface area contributed by atoms with Crippen molar-refractivity contribution in [3.8, 4) is 11.1 Å². The number of hydrogen-bond donors (Lipinski definition) is 0. The quantitative estimate of drug-likeness (QED) is 0.166. The van der Waals surface area contributed by atoms with E-state index in [2.05, 4.69) is 204 Å². The van der Waals surface area contributed by atoms with Crippen molar-refractivity contribution in [2.75, 3.05) is 9.80 Å². The fourth-order valence-electron chi connectivity index (χ4n) is 6.75. The summed E-state index contributed by atoms with van der Waals surface area (Å²) in [7, 11) is 0. The molecule has 0 bridgehead atoms. The van der Waals surface area contributed by atoms with Crippen molar-refractivity contribution in [3.05, 3.63) is 194 Å². The highest BCUT2D eigenvalue weighted by atomic mass is 32.2. The molecule has 8 aromatic rings. The first-order valence-corrected chi connectivity index (χ1v) is 18.4. The van der Waals surface area contributed by atoms with Crippen LogP contribution in [-0.4, -0.2) is 0 Å². The zero-order valence-corrected chi connectivity index (χ0v) is 28.8. The van der Waals surface area contributed by atoms with Crippen LogP contribution in [0.2, 0.25) is 0 Å². The number of anilines is 6. The molecule has 0 amide bonds. The van der Waals surface area contributed by atoms with Crippen molar-refractivity contribution in [1.29, 1.82) is 0 Å². The van der Waals surface area contributed by atoms with E-state index in [1.165, 1.54) is 41.5 Å². The molecule has 4 heteroatoms. The first-order valence-electron chi connectivity index (χ1n) is 16.8. The van der Waals surface area contributed by atoms with E-state index in [9.17, 15) is 0 Å². The van der Waals surface area contributed by atoms with Gasteiger partial charge in [0.15, 0.2) is 0 Å². The van der Waals surface area contributed by atoms with Gasteiger partial charge in [0, 0.05) is 53.4 Å². The predicted molar refractivity (Wildman–Crippen MR) is 213 cm³/mol. The van der Waals surface area contributed by atoms with Gasteiger partial charge in [-0.15, -0.1) is 0 Å². The number of hydrogen-bond acceptors (Lipinski definition) is 4. The maximum absolute atomic E-state index is 2.35. The Morgan fingerprint density at radius 1 is 0.320 bits per heavy atom. The van der Waals surface area contributed by atoms with Crippen molar-refractivity contribution in [3.63, 3.8) is 0 Å². The zero-order chi connectivity index (χ0) is 33.3. The van der Waals surface area contributed by atoms with Gasteiger partial charge in [0.05, 0.1) is 5.69 Å². The van der Waals surface area contributed by atoms with Crippen LogP contribution in [0.4, 0.5) is 34.1 Å². The van der Waals surface area contributed by atoms with Crippen LogP contribution in [0, 0.1) is 0 Å².